The third-order valence-corrected chi connectivity index (χ3v) is 4.09. The molecule has 8 heteroatoms. The molecule has 8 nitrogen and oxygen atoms in total. The Kier molecular flexibility index (Phi) is 4.47. The van der Waals surface area contributed by atoms with E-state index >= 15 is 0 Å². The number of anilines is 1. The van der Waals surface area contributed by atoms with Crippen molar-refractivity contribution in [2.75, 3.05) is 44.2 Å². The molecular weight excluding hydrogens is 284 g/mol. The van der Waals surface area contributed by atoms with E-state index in [9.17, 15) is 9.59 Å². The fraction of sp³-hybridized carbons (Fsp3) is 0.571. The minimum Gasteiger partial charge on any atom is -0.345 e. The predicted octanol–water partition coefficient (Wildman–Crippen LogP) is -2.42. The largest absolute Gasteiger partial charge is 0.345 e. The van der Waals surface area contributed by atoms with Crippen LogP contribution in [-0.2, 0) is 9.59 Å². The van der Waals surface area contributed by atoms with Crippen molar-refractivity contribution in [3.8, 4) is 0 Å². The predicted molar refractivity (Wildman–Crippen MR) is 79.0 cm³/mol. The van der Waals surface area contributed by atoms with E-state index in [0.29, 0.717) is 25.6 Å². The number of piperazine rings is 2. The molecule has 118 valence electrons. The van der Waals surface area contributed by atoms with Crippen molar-refractivity contribution in [2.24, 2.45) is 0 Å². The van der Waals surface area contributed by atoms with Gasteiger partial charge in [0.05, 0.1) is 19.5 Å². The van der Waals surface area contributed by atoms with Crippen molar-refractivity contribution in [1.82, 2.24) is 20.2 Å². The summed E-state index contributed by atoms with van der Waals surface area (Å²) in [6.07, 6.45) is 3.71. The van der Waals surface area contributed by atoms with E-state index in [1.54, 1.807) is 18.5 Å². The van der Waals surface area contributed by atoms with Gasteiger partial charge in [-0.3, -0.25) is 9.59 Å². The number of nitrogens with one attached hydrogen (secondary N) is 1. The SMILES string of the molecule is O=C1NCC[NH2+][C@@H]1CC(=O)N1CCN(c2ncccn2)CC1. The van der Waals surface area contributed by atoms with Crippen molar-refractivity contribution in [2.45, 2.75) is 12.5 Å². The van der Waals surface area contributed by atoms with Crippen LogP contribution in [0.25, 0.3) is 0 Å². The zero-order valence-corrected chi connectivity index (χ0v) is 12.4. The van der Waals surface area contributed by atoms with E-state index < -0.39 is 0 Å². The Morgan fingerprint density at radius 3 is 2.68 bits per heavy atom. The van der Waals surface area contributed by atoms with Crippen LogP contribution in [0.5, 0.6) is 0 Å². The Bertz CT molecular complexity index is 529. The summed E-state index contributed by atoms with van der Waals surface area (Å²) in [5.41, 5.74) is 0. The number of aromatic nitrogens is 2. The van der Waals surface area contributed by atoms with Gasteiger partial charge in [0.25, 0.3) is 5.91 Å². The van der Waals surface area contributed by atoms with Gasteiger partial charge in [-0.05, 0) is 6.07 Å². The van der Waals surface area contributed by atoms with Crippen molar-refractivity contribution in [3.05, 3.63) is 18.5 Å². The van der Waals surface area contributed by atoms with Gasteiger partial charge in [-0.25, -0.2) is 9.97 Å². The second-order valence-electron chi connectivity index (χ2n) is 5.54. The quantitative estimate of drug-likeness (QED) is 0.648. The average molecular weight is 305 g/mol. The summed E-state index contributed by atoms with van der Waals surface area (Å²) in [6, 6.07) is 1.51. The molecule has 0 unspecified atom stereocenters. The standard InChI is InChI=1S/C14H20N6O2/c21-12(10-11-13(22)16-5-4-15-11)19-6-8-20(9-7-19)14-17-2-1-3-18-14/h1-3,11,15H,4-10H2,(H,16,22)/p+1/t11-/m1/s1. The van der Waals surface area contributed by atoms with E-state index in [-0.39, 0.29) is 24.3 Å². The molecule has 3 heterocycles. The van der Waals surface area contributed by atoms with Gasteiger partial charge in [-0.2, -0.15) is 0 Å². The molecule has 3 rings (SSSR count). The maximum absolute atomic E-state index is 12.3. The summed E-state index contributed by atoms with van der Waals surface area (Å²) in [5, 5.41) is 4.75. The van der Waals surface area contributed by atoms with Gasteiger partial charge in [-0.1, -0.05) is 0 Å². The van der Waals surface area contributed by atoms with E-state index in [1.165, 1.54) is 0 Å². The first-order valence-electron chi connectivity index (χ1n) is 7.65. The maximum Gasteiger partial charge on any atom is 0.278 e. The Labute approximate surface area is 128 Å². The van der Waals surface area contributed by atoms with Crippen LogP contribution in [0.2, 0.25) is 0 Å². The summed E-state index contributed by atoms with van der Waals surface area (Å²) >= 11 is 0. The van der Waals surface area contributed by atoms with Crippen LogP contribution in [0.15, 0.2) is 18.5 Å². The molecule has 0 aromatic carbocycles. The monoisotopic (exact) mass is 305 g/mol. The smallest absolute Gasteiger partial charge is 0.278 e. The molecule has 2 aliphatic rings. The Hall–Kier alpha value is -2.22. The summed E-state index contributed by atoms with van der Waals surface area (Å²) in [5.74, 6) is 0.720. The molecule has 3 N–H and O–H groups in total. The first-order chi connectivity index (χ1) is 10.7. The van der Waals surface area contributed by atoms with Gasteiger partial charge < -0.3 is 20.4 Å². The Morgan fingerprint density at radius 2 is 2.00 bits per heavy atom. The summed E-state index contributed by atoms with van der Waals surface area (Å²) in [6.45, 7) is 4.24. The molecule has 0 spiro atoms. The molecule has 1 aromatic heterocycles. The van der Waals surface area contributed by atoms with E-state index in [1.807, 2.05) is 10.2 Å². The highest BCUT2D eigenvalue weighted by Gasteiger charge is 2.31. The lowest BCUT2D eigenvalue weighted by Gasteiger charge is -2.35. The molecule has 0 bridgehead atoms. The highest BCUT2D eigenvalue weighted by Crippen LogP contribution is 2.10. The number of hydrogen-bond donors (Lipinski definition) is 2. The lowest BCUT2D eigenvalue weighted by atomic mass is 10.1. The van der Waals surface area contributed by atoms with Gasteiger partial charge in [-0.15, -0.1) is 0 Å². The van der Waals surface area contributed by atoms with Crippen LogP contribution in [-0.4, -0.2) is 72.0 Å². The topological polar surface area (TPSA) is 95.0 Å². The van der Waals surface area contributed by atoms with Crippen LogP contribution >= 0.6 is 0 Å². The number of nitrogens with two attached hydrogens (primary N) is 1. The van der Waals surface area contributed by atoms with E-state index in [4.69, 9.17) is 0 Å². The fourth-order valence-electron chi connectivity index (χ4n) is 2.82. The van der Waals surface area contributed by atoms with Crippen LogP contribution in [0.1, 0.15) is 6.42 Å². The van der Waals surface area contributed by atoms with Crippen molar-refractivity contribution in [3.63, 3.8) is 0 Å². The normalized spacial score (nSPS) is 22.4. The number of hydrogen-bond acceptors (Lipinski definition) is 5. The number of carbonyl (C=O) groups is 2. The second kappa shape index (κ2) is 6.69. The van der Waals surface area contributed by atoms with Crippen LogP contribution < -0.4 is 15.5 Å². The zero-order chi connectivity index (χ0) is 15.4. The lowest BCUT2D eigenvalue weighted by Crippen LogP contribution is -2.96. The van der Waals surface area contributed by atoms with Gasteiger partial charge in [0.15, 0.2) is 6.04 Å². The van der Waals surface area contributed by atoms with Crippen LogP contribution in [0.4, 0.5) is 5.95 Å². The number of rotatable bonds is 3. The molecular formula is C14H21N6O2+. The molecule has 1 atom stereocenters. The molecule has 2 fully saturated rings. The number of carbonyl (C=O) groups excluding carboxylic acids is 2. The first-order valence-corrected chi connectivity index (χ1v) is 7.65. The minimum atomic E-state index is -0.281. The molecule has 2 aliphatic heterocycles. The molecule has 22 heavy (non-hydrogen) atoms. The highest BCUT2D eigenvalue weighted by molar-refractivity contribution is 5.87. The summed E-state index contributed by atoms with van der Waals surface area (Å²) < 4.78 is 0. The molecule has 2 amide bonds. The van der Waals surface area contributed by atoms with Gasteiger partial charge in [0.1, 0.15) is 0 Å². The summed E-state index contributed by atoms with van der Waals surface area (Å²) in [4.78, 5) is 36.4. The second-order valence-corrected chi connectivity index (χ2v) is 5.54. The molecule has 1 aromatic rings. The average Bonchev–Trinajstić information content (AvgIpc) is 2.58. The zero-order valence-electron chi connectivity index (χ0n) is 12.4. The number of amides is 2. The van der Waals surface area contributed by atoms with Crippen molar-refractivity contribution < 1.29 is 14.9 Å². The maximum atomic E-state index is 12.3. The lowest BCUT2D eigenvalue weighted by molar-refractivity contribution is -0.678. The Balaban J connectivity index is 1.50. The van der Waals surface area contributed by atoms with Crippen LogP contribution in [0.3, 0.4) is 0 Å². The third-order valence-electron chi connectivity index (χ3n) is 4.09. The fourth-order valence-corrected chi connectivity index (χ4v) is 2.82. The number of nitrogens with zero attached hydrogens (tertiary/aromatic N) is 4. The van der Waals surface area contributed by atoms with Crippen molar-refractivity contribution >= 4 is 17.8 Å². The molecule has 0 saturated carbocycles. The van der Waals surface area contributed by atoms with Gasteiger partial charge in [0.2, 0.25) is 11.9 Å². The first kappa shape index (κ1) is 14.7. The molecule has 0 radical (unpaired) electrons. The molecule has 0 aliphatic carbocycles. The van der Waals surface area contributed by atoms with Gasteiger partial charge in [0, 0.05) is 38.6 Å². The Morgan fingerprint density at radius 1 is 1.27 bits per heavy atom. The third kappa shape index (κ3) is 3.33. The summed E-state index contributed by atoms with van der Waals surface area (Å²) in [7, 11) is 0. The van der Waals surface area contributed by atoms with Crippen molar-refractivity contribution in [1.29, 1.82) is 0 Å². The number of quaternary nitrogens is 1. The minimum absolute atomic E-state index is 0.0316. The van der Waals surface area contributed by atoms with Gasteiger partial charge >= 0.3 is 0 Å². The van der Waals surface area contributed by atoms with E-state index in [0.717, 1.165) is 19.6 Å². The molecule has 2 saturated heterocycles. The van der Waals surface area contributed by atoms with E-state index in [2.05, 4.69) is 20.2 Å². The van der Waals surface area contributed by atoms with Crippen LogP contribution in [0, 0.1) is 0 Å². The highest BCUT2D eigenvalue weighted by atomic mass is 16.2.